The molecule has 1 aromatic rings. The van der Waals surface area contributed by atoms with Gasteiger partial charge in [-0.1, -0.05) is 12.1 Å². The number of Topliss-reactive ketones (excluding diaryl/α,β-unsaturated/α-hetero) is 2. The largest absolute Gasteiger partial charge is 0.416 e. The van der Waals surface area contributed by atoms with Gasteiger partial charge >= 0.3 is 6.18 Å². The van der Waals surface area contributed by atoms with Crippen molar-refractivity contribution in [3.05, 3.63) is 35.4 Å². The number of hydrogen-bond acceptors (Lipinski definition) is 2. The molecule has 92 valence electrons. The minimum Gasteiger partial charge on any atom is -0.296 e. The Bertz CT molecular complexity index is 434. The predicted molar refractivity (Wildman–Crippen MR) is 51.4 cm³/mol. The monoisotopic (exact) mass is 248 g/mol. The summed E-state index contributed by atoms with van der Waals surface area (Å²) < 4.78 is 49.6. The van der Waals surface area contributed by atoms with Crippen LogP contribution in [0, 0.1) is 0 Å². The van der Waals surface area contributed by atoms with E-state index in [0.717, 1.165) is 19.1 Å². The van der Waals surface area contributed by atoms with E-state index < -0.39 is 29.5 Å². The van der Waals surface area contributed by atoms with Gasteiger partial charge in [0.1, 0.15) is 0 Å². The van der Waals surface area contributed by atoms with Gasteiger partial charge in [0.25, 0.3) is 0 Å². The molecule has 0 spiro atoms. The van der Waals surface area contributed by atoms with E-state index >= 15 is 0 Å². The zero-order valence-electron chi connectivity index (χ0n) is 8.72. The Labute approximate surface area is 94.2 Å². The fourth-order valence-corrected chi connectivity index (χ4v) is 1.15. The lowest BCUT2D eigenvalue weighted by Crippen LogP contribution is -2.23. The number of hydrogen-bond donors (Lipinski definition) is 0. The van der Waals surface area contributed by atoms with E-state index in [4.69, 9.17) is 0 Å². The highest BCUT2D eigenvalue weighted by Gasteiger charge is 2.31. The summed E-state index contributed by atoms with van der Waals surface area (Å²) in [5.41, 5.74) is -1.20. The smallest absolute Gasteiger partial charge is 0.296 e. The summed E-state index contributed by atoms with van der Waals surface area (Å²) in [6, 6.07) is 3.03. The van der Waals surface area contributed by atoms with Crippen molar-refractivity contribution in [2.45, 2.75) is 19.3 Å². The van der Waals surface area contributed by atoms with Gasteiger partial charge in [0, 0.05) is 5.56 Å². The van der Waals surface area contributed by atoms with Crippen molar-refractivity contribution >= 4 is 11.6 Å². The van der Waals surface area contributed by atoms with Crippen molar-refractivity contribution in [2.75, 3.05) is 0 Å². The number of rotatable bonds is 3. The van der Waals surface area contributed by atoms with E-state index in [9.17, 15) is 27.2 Å². The van der Waals surface area contributed by atoms with Crippen molar-refractivity contribution in [1.29, 1.82) is 0 Å². The van der Waals surface area contributed by atoms with Gasteiger partial charge in [-0.2, -0.15) is 13.2 Å². The third-order valence-corrected chi connectivity index (χ3v) is 2.08. The maximum atomic E-state index is 13.0. The Morgan fingerprint density at radius 1 is 1.12 bits per heavy atom. The normalized spacial score (nSPS) is 13.2. The summed E-state index contributed by atoms with van der Waals surface area (Å²) >= 11 is 0. The van der Waals surface area contributed by atoms with Crippen LogP contribution in [0.1, 0.15) is 22.8 Å². The van der Waals surface area contributed by atoms with Crippen LogP contribution in [0.4, 0.5) is 17.6 Å². The van der Waals surface area contributed by atoms with Gasteiger partial charge in [-0.3, -0.25) is 9.59 Å². The Balaban J connectivity index is 2.96. The molecule has 0 fully saturated rings. The molecule has 2 nitrogen and oxygen atoms in total. The number of carbonyl (C=O) groups excluding carboxylic acids is 2. The Morgan fingerprint density at radius 2 is 1.59 bits per heavy atom. The highest BCUT2D eigenvalue weighted by atomic mass is 19.4. The summed E-state index contributed by atoms with van der Waals surface area (Å²) in [4.78, 5) is 21.9. The zero-order valence-corrected chi connectivity index (χ0v) is 8.72. The molecule has 0 saturated heterocycles. The average molecular weight is 248 g/mol. The molecule has 0 saturated carbocycles. The second-order valence-electron chi connectivity index (χ2n) is 3.41. The van der Waals surface area contributed by atoms with Crippen LogP contribution in [0.15, 0.2) is 24.3 Å². The van der Waals surface area contributed by atoms with Gasteiger partial charge in [-0.05, 0) is 19.1 Å². The molecule has 0 bridgehead atoms. The Hall–Kier alpha value is -1.72. The highest BCUT2D eigenvalue weighted by molar-refractivity contribution is 6.12. The zero-order chi connectivity index (χ0) is 13.2. The molecule has 17 heavy (non-hydrogen) atoms. The van der Waals surface area contributed by atoms with Gasteiger partial charge in [0.2, 0.25) is 12.0 Å². The lowest BCUT2D eigenvalue weighted by Gasteiger charge is -2.07. The van der Waals surface area contributed by atoms with Gasteiger partial charge in [-0.25, -0.2) is 4.39 Å². The minimum absolute atomic E-state index is 0.263. The topological polar surface area (TPSA) is 34.1 Å². The third kappa shape index (κ3) is 3.12. The SMILES string of the molecule is CC(=O)C(F)C(=O)c1ccc(C(F)(F)F)cc1. The molecule has 1 unspecified atom stereocenters. The average Bonchev–Trinajstić information content (AvgIpc) is 2.26. The van der Waals surface area contributed by atoms with Gasteiger partial charge in [-0.15, -0.1) is 0 Å². The maximum absolute atomic E-state index is 13.0. The molecule has 0 aliphatic carbocycles. The van der Waals surface area contributed by atoms with Crippen molar-refractivity contribution in [2.24, 2.45) is 0 Å². The molecule has 0 heterocycles. The summed E-state index contributed by atoms with van der Waals surface area (Å²) in [5, 5.41) is 0. The molecule has 0 aromatic heterocycles. The summed E-state index contributed by atoms with van der Waals surface area (Å²) in [6.07, 6.45) is -6.84. The quantitative estimate of drug-likeness (QED) is 0.468. The van der Waals surface area contributed by atoms with Crippen LogP contribution >= 0.6 is 0 Å². The molecule has 1 atom stereocenters. The summed E-state index contributed by atoms with van der Waals surface area (Å²) in [7, 11) is 0. The van der Waals surface area contributed by atoms with E-state index in [-0.39, 0.29) is 5.56 Å². The van der Waals surface area contributed by atoms with Crippen molar-refractivity contribution in [3.8, 4) is 0 Å². The fourth-order valence-electron chi connectivity index (χ4n) is 1.15. The van der Waals surface area contributed by atoms with Crippen LogP contribution in [-0.4, -0.2) is 17.7 Å². The molecule has 1 aromatic carbocycles. The standard InChI is InChI=1S/C11H8F4O2/c1-6(16)9(12)10(17)7-2-4-8(5-3-7)11(13,14)15/h2-5,9H,1H3. The lowest BCUT2D eigenvalue weighted by molar-refractivity contribution is -0.137. The van der Waals surface area contributed by atoms with E-state index in [1.807, 2.05) is 0 Å². The van der Waals surface area contributed by atoms with Crippen LogP contribution in [0.2, 0.25) is 0 Å². The second-order valence-corrected chi connectivity index (χ2v) is 3.41. The first kappa shape index (κ1) is 13.3. The lowest BCUT2D eigenvalue weighted by atomic mass is 10.0. The molecule has 0 radical (unpaired) electrons. The number of alkyl halides is 4. The van der Waals surface area contributed by atoms with Crippen LogP contribution < -0.4 is 0 Å². The van der Waals surface area contributed by atoms with Gasteiger partial charge in [0.05, 0.1) is 5.56 Å². The number of ketones is 2. The molecular formula is C11H8F4O2. The molecule has 0 aliphatic rings. The van der Waals surface area contributed by atoms with Gasteiger partial charge < -0.3 is 0 Å². The number of carbonyl (C=O) groups is 2. The third-order valence-electron chi connectivity index (χ3n) is 2.08. The summed E-state index contributed by atoms with van der Waals surface area (Å²) in [5.74, 6) is -2.11. The molecule has 0 N–H and O–H groups in total. The van der Waals surface area contributed by atoms with Crippen LogP contribution in [0.5, 0.6) is 0 Å². The predicted octanol–water partition coefficient (Wildman–Crippen LogP) is 2.82. The first-order chi connectivity index (χ1) is 7.73. The van der Waals surface area contributed by atoms with Crippen molar-refractivity contribution in [3.63, 3.8) is 0 Å². The Kier molecular flexibility index (Phi) is 3.65. The van der Waals surface area contributed by atoms with Crippen LogP contribution in [0.3, 0.4) is 0 Å². The first-order valence-corrected chi connectivity index (χ1v) is 4.59. The van der Waals surface area contributed by atoms with Crippen LogP contribution in [-0.2, 0) is 11.0 Å². The molecule has 0 aliphatic heterocycles. The fraction of sp³-hybridized carbons (Fsp3) is 0.273. The maximum Gasteiger partial charge on any atom is 0.416 e. The van der Waals surface area contributed by atoms with E-state index in [0.29, 0.717) is 12.1 Å². The minimum atomic E-state index is -4.52. The van der Waals surface area contributed by atoms with E-state index in [1.54, 1.807) is 0 Å². The molecule has 1 rings (SSSR count). The Morgan fingerprint density at radius 3 is 1.94 bits per heavy atom. The number of halogens is 4. The molecule has 6 heteroatoms. The second kappa shape index (κ2) is 4.65. The van der Waals surface area contributed by atoms with E-state index in [2.05, 4.69) is 0 Å². The van der Waals surface area contributed by atoms with Crippen molar-refractivity contribution in [1.82, 2.24) is 0 Å². The molecular weight excluding hydrogens is 240 g/mol. The van der Waals surface area contributed by atoms with Crippen LogP contribution in [0.25, 0.3) is 0 Å². The van der Waals surface area contributed by atoms with Gasteiger partial charge in [0.15, 0.2) is 5.78 Å². The van der Waals surface area contributed by atoms with Crippen molar-refractivity contribution < 1.29 is 27.2 Å². The van der Waals surface area contributed by atoms with E-state index in [1.165, 1.54) is 0 Å². The molecule has 0 amide bonds. The highest BCUT2D eigenvalue weighted by Crippen LogP contribution is 2.29. The number of benzene rings is 1. The summed E-state index contributed by atoms with van der Waals surface area (Å²) in [6.45, 7) is 0.895. The first-order valence-electron chi connectivity index (χ1n) is 4.59.